The Hall–Kier alpha value is -2.32. The van der Waals surface area contributed by atoms with E-state index in [1.54, 1.807) is 10.7 Å². The monoisotopic (exact) mass is 402 g/mol. The molecule has 4 rings (SSSR count). The minimum atomic E-state index is -0.653. The molecule has 2 aromatic carbocycles. The second kappa shape index (κ2) is 8.36. The van der Waals surface area contributed by atoms with Gasteiger partial charge in [-0.1, -0.05) is 53.2 Å². The van der Waals surface area contributed by atoms with E-state index in [4.69, 9.17) is 16.3 Å². The van der Waals surface area contributed by atoms with Crippen molar-refractivity contribution in [1.82, 2.24) is 20.3 Å². The number of rotatable bonds is 6. The highest BCUT2D eigenvalue weighted by molar-refractivity contribution is 6.30. The van der Waals surface area contributed by atoms with E-state index >= 15 is 0 Å². The lowest BCUT2D eigenvalue weighted by Crippen LogP contribution is -2.45. The number of benzene rings is 2. The van der Waals surface area contributed by atoms with Crippen LogP contribution in [0.4, 0.5) is 4.39 Å². The Morgan fingerprint density at radius 3 is 2.86 bits per heavy atom. The molecule has 6 nitrogen and oxygen atoms in total. The predicted molar refractivity (Wildman–Crippen MR) is 103 cm³/mol. The zero-order chi connectivity index (χ0) is 19.5. The van der Waals surface area contributed by atoms with Crippen molar-refractivity contribution in [3.63, 3.8) is 0 Å². The summed E-state index contributed by atoms with van der Waals surface area (Å²) >= 11 is 5.72. The van der Waals surface area contributed by atoms with Crippen LogP contribution in [0.5, 0.6) is 0 Å². The number of aliphatic hydroxyl groups is 1. The third-order valence-electron chi connectivity index (χ3n) is 4.80. The highest BCUT2D eigenvalue weighted by Crippen LogP contribution is 2.20. The number of hydrogen-bond acceptors (Lipinski definition) is 5. The number of aromatic nitrogens is 3. The van der Waals surface area contributed by atoms with E-state index in [1.165, 1.54) is 12.1 Å². The molecule has 3 aromatic rings. The van der Waals surface area contributed by atoms with E-state index in [0.29, 0.717) is 13.1 Å². The van der Waals surface area contributed by atoms with E-state index in [2.05, 4.69) is 15.6 Å². The van der Waals surface area contributed by atoms with E-state index in [-0.39, 0.29) is 23.8 Å². The minimum Gasteiger partial charge on any atom is -0.389 e. The Morgan fingerprint density at radius 1 is 1.25 bits per heavy atom. The molecule has 0 unspecified atom stereocenters. The standard InChI is InChI=1S/C20H20ClFN4O2/c21-15-7-6-13(8-16(15)22)9-23-20-18(27)12-28-19(20)11-26-10-17(24-25-26)14-4-2-1-3-5-14/h1-8,10,18-20,23,27H,9,11-12H2/t18-,19+,20+/m0/s1. The van der Waals surface area contributed by atoms with Crippen LogP contribution < -0.4 is 5.32 Å². The normalized spacial score (nSPS) is 21.9. The molecule has 3 atom stereocenters. The average Bonchev–Trinajstić information content (AvgIpc) is 3.31. The summed E-state index contributed by atoms with van der Waals surface area (Å²) in [6, 6.07) is 14.1. The van der Waals surface area contributed by atoms with Crippen LogP contribution in [0.25, 0.3) is 11.3 Å². The fourth-order valence-corrected chi connectivity index (χ4v) is 3.43. The van der Waals surface area contributed by atoms with Crippen LogP contribution in [-0.4, -0.2) is 45.0 Å². The van der Waals surface area contributed by atoms with Crippen molar-refractivity contribution in [3.8, 4) is 11.3 Å². The van der Waals surface area contributed by atoms with Crippen molar-refractivity contribution < 1.29 is 14.2 Å². The van der Waals surface area contributed by atoms with Gasteiger partial charge in [-0.2, -0.15) is 0 Å². The second-order valence-electron chi connectivity index (χ2n) is 6.79. The summed E-state index contributed by atoms with van der Waals surface area (Å²) in [4.78, 5) is 0. The topological polar surface area (TPSA) is 72.2 Å². The van der Waals surface area contributed by atoms with Gasteiger partial charge in [0.1, 0.15) is 11.5 Å². The van der Waals surface area contributed by atoms with Gasteiger partial charge in [0.2, 0.25) is 0 Å². The molecule has 0 spiro atoms. The van der Waals surface area contributed by atoms with E-state index < -0.39 is 11.9 Å². The lowest BCUT2D eigenvalue weighted by atomic mass is 10.1. The Bertz CT molecular complexity index is 937. The maximum Gasteiger partial charge on any atom is 0.142 e. The quantitative estimate of drug-likeness (QED) is 0.663. The smallest absolute Gasteiger partial charge is 0.142 e. The largest absolute Gasteiger partial charge is 0.389 e. The second-order valence-corrected chi connectivity index (χ2v) is 7.19. The molecular weight excluding hydrogens is 383 g/mol. The van der Waals surface area contributed by atoms with Gasteiger partial charge in [-0.15, -0.1) is 5.10 Å². The summed E-state index contributed by atoms with van der Waals surface area (Å²) in [6.07, 6.45) is 0.923. The molecule has 8 heteroatoms. The fraction of sp³-hybridized carbons (Fsp3) is 0.300. The SMILES string of the molecule is O[C@H]1CO[C@H](Cn2cc(-c3ccccc3)nn2)[C@@H]1NCc1ccc(Cl)c(F)c1. The summed E-state index contributed by atoms with van der Waals surface area (Å²) in [5.74, 6) is -0.461. The first kappa shape index (κ1) is 19.0. The average molecular weight is 403 g/mol. The molecule has 1 aromatic heterocycles. The maximum absolute atomic E-state index is 13.6. The van der Waals surface area contributed by atoms with Gasteiger partial charge in [0.15, 0.2) is 0 Å². The number of nitrogens with one attached hydrogen (secondary N) is 1. The lowest BCUT2D eigenvalue weighted by Gasteiger charge is -2.21. The third-order valence-corrected chi connectivity index (χ3v) is 5.10. The Kier molecular flexibility index (Phi) is 5.68. The van der Waals surface area contributed by atoms with Crippen molar-refractivity contribution in [2.75, 3.05) is 6.61 Å². The van der Waals surface area contributed by atoms with Crippen LogP contribution in [0.15, 0.2) is 54.7 Å². The van der Waals surface area contributed by atoms with E-state index in [0.717, 1.165) is 16.8 Å². The van der Waals surface area contributed by atoms with Crippen LogP contribution >= 0.6 is 11.6 Å². The van der Waals surface area contributed by atoms with Gasteiger partial charge >= 0.3 is 0 Å². The number of ether oxygens (including phenoxy) is 1. The predicted octanol–water partition coefficient (Wildman–Crippen LogP) is 2.66. The minimum absolute atomic E-state index is 0.0891. The van der Waals surface area contributed by atoms with Crippen LogP contribution in [0, 0.1) is 5.82 Å². The number of aliphatic hydroxyl groups excluding tert-OH is 1. The molecule has 0 aliphatic carbocycles. The zero-order valence-electron chi connectivity index (χ0n) is 15.0. The van der Waals surface area contributed by atoms with E-state index in [1.807, 2.05) is 36.5 Å². The summed E-state index contributed by atoms with van der Waals surface area (Å²) in [5.41, 5.74) is 2.51. The third kappa shape index (κ3) is 4.23. The Labute approximate surface area is 166 Å². The molecule has 28 heavy (non-hydrogen) atoms. The molecule has 1 saturated heterocycles. The first-order valence-corrected chi connectivity index (χ1v) is 9.40. The lowest BCUT2D eigenvalue weighted by molar-refractivity contribution is 0.0741. The molecule has 0 saturated carbocycles. The van der Waals surface area contributed by atoms with Crippen molar-refractivity contribution in [1.29, 1.82) is 0 Å². The van der Waals surface area contributed by atoms with Gasteiger partial charge in [-0.3, -0.25) is 0 Å². The van der Waals surface area contributed by atoms with E-state index in [9.17, 15) is 9.50 Å². The highest BCUT2D eigenvalue weighted by atomic mass is 35.5. The van der Waals surface area contributed by atoms with Crippen LogP contribution in [0.1, 0.15) is 5.56 Å². The summed E-state index contributed by atoms with van der Waals surface area (Å²) < 4.78 is 21.1. The highest BCUT2D eigenvalue weighted by Gasteiger charge is 2.36. The summed E-state index contributed by atoms with van der Waals surface area (Å²) in [6.45, 7) is 1.07. The van der Waals surface area contributed by atoms with Gasteiger partial charge in [-0.05, 0) is 17.7 Å². The number of halogens is 2. The Balaban J connectivity index is 1.41. The molecule has 146 valence electrons. The van der Waals surface area contributed by atoms with Gasteiger partial charge in [0.05, 0.1) is 42.6 Å². The molecular formula is C20H20ClFN4O2. The molecule has 2 N–H and O–H groups in total. The molecule has 0 bridgehead atoms. The van der Waals surface area contributed by atoms with Crippen LogP contribution in [-0.2, 0) is 17.8 Å². The first-order valence-electron chi connectivity index (χ1n) is 9.02. The summed E-state index contributed by atoms with van der Waals surface area (Å²) in [5, 5.41) is 22.0. The zero-order valence-corrected chi connectivity index (χ0v) is 15.8. The van der Waals surface area contributed by atoms with Gasteiger partial charge < -0.3 is 15.2 Å². The van der Waals surface area contributed by atoms with Crippen LogP contribution in [0.2, 0.25) is 5.02 Å². The molecule has 2 heterocycles. The van der Waals surface area contributed by atoms with Crippen molar-refractivity contribution in [3.05, 3.63) is 71.1 Å². The molecule has 1 fully saturated rings. The molecule has 1 aliphatic rings. The van der Waals surface area contributed by atoms with Crippen molar-refractivity contribution >= 4 is 11.6 Å². The molecule has 0 radical (unpaired) electrons. The van der Waals surface area contributed by atoms with Gasteiger partial charge in [-0.25, -0.2) is 9.07 Å². The van der Waals surface area contributed by atoms with Crippen molar-refractivity contribution in [2.24, 2.45) is 0 Å². The summed E-state index contributed by atoms with van der Waals surface area (Å²) in [7, 11) is 0. The van der Waals surface area contributed by atoms with Gasteiger partial charge in [0, 0.05) is 12.1 Å². The van der Waals surface area contributed by atoms with Gasteiger partial charge in [0.25, 0.3) is 0 Å². The fourth-order valence-electron chi connectivity index (χ4n) is 3.31. The Morgan fingerprint density at radius 2 is 2.07 bits per heavy atom. The number of nitrogens with zero attached hydrogens (tertiary/aromatic N) is 3. The molecule has 0 amide bonds. The van der Waals surface area contributed by atoms with Crippen molar-refractivity contribution in [2.45, 2.75) is 31.3 Å². The van der Waals surface area contributed by atoms with Crippen LogP contribution in [0.3, 0.4) is 0 Å². The number of hydrogen-bond donors (Lipinski definition) is 2. The maximum atomic E-state index is 13.6. The first-order chi connectivity index (χ1) is 13.6. The molecule has 1 aliphatic heterocycles.